The van der Waals surface area contributed by atoms with Crippen LogP contribution in [0.1, 0.15) is 42.4 Å². The molecule has 4 rings (SSSR count). The highest BCUT2D eigenvalue weighted by Gasteiger charge is 2.29. The molecule has 1 saturated carbocycles. The first-order chi connectivity index (χ1) is 13.7. The fourth-order valence-corrected chi connectivity index (χ4v) is 4.07. The minimum absolute atomic E-state index is 0.180. The van der Waals surface area contributed by atoms with Gasteiger partial charge in [-0.1, -0.05) is 31.0 Å². The van der Waals surface area contributed by atoms with Crippen LogP contribution < -0.4 is 4.74 Å². The second-order valence-electron chi connectivity index (χ2n) is 7.65. The SMILES string of the molecule is O=C(C1CCCC1)N1CCOc2ccc(COCc3cccc(F)c3)cc2C1. The molecule has 4 nitrogen and oxygen atoms in total. The molecule has 1 amide bonds. The fourth-order valence-electron chi connectivity index (χ4n) is 4.07. The normalized spacial score (nSPS) is 17.1. The van der Waals surface area contributed by atoms with Crippen LogP contribution in [0.5, 0.6) is 5.75 Å². The molecule has 0 N–H and O–H groups in total. The van der Waals surface area contributed by atoms with Crippen LogP contribution in [-0.2, 0) is 29.3 Å². The molecular formula is C23H26FNO3. The van der Waals surface area contributed by atoms with Crippen molar-refractivity contribution in [1.82, 2.24) is 4.90 Å². The number of amides is 1. The molecule has 2 aliphatic rings. The van der Waals surface area contributed by atoms with Crippen LogP contribution in [0.15, 0.2) is 42.5 Å². The Bertz CT molecular complexity index is 832. The van der Waals surface area contributed by atoms with E-state index in [9.17, 15) is 9.18 Å². The first kappa shape index (κ1) is 18.9. The Kier molecular flexibility index (Phi) is 5.91. The Morgan fingerprint density at radius 1 is 1.11 bits per heavy atom. The van der Waals surface area contributed by atoms with Gasteiger partial charge in [-0.25, -0.2) is 4.39 Å². The maximum Gasteiger partial charge on any atom is 0.226 e. The van der Waals surface area contributed by atoms with Gasteiger partial charge in [0.2, 0.25) is 5.91 Å². The van der Waals surface area contributed by atoms with Crippen molar-refractivity contribution in [3.05, 3.63) is 65.0 Å². The summed E-state index contributed by atoms with van der Waals surface area (Å²) in [5, 5.41) is 0. The first-order valence-electron chi connectivity index (χ1n) is 10.0. The summed E-state index contributed by atoms with van der Waals surface area (Å²) in [5.41, 5.74) is 2.86. The van der Waals surface area contributed by atoms with Gasteiger partial charge in [0.1, 0.15) is 18.2 Å². The quantitative estimate of drug-likeness (QED) is 0.766. The maximum atomic E-state index is 13.3. The third-order valence-electron chi connectivity index (χ3n) is 5.55. The Hall–Kier alpha value is -2.40. The number of ether oxygens (including phenoxy) is 2. The van der Waals surface area contributed by atoms with Crippen LogP contribution in [0.4, 0.5) is 4.39 Å². The van der Waals surface area contributed by atoms with Gasteiger partial charge in [0, 0.05) is 18.0 Å². The lowest BCUT2D eigenvalue weighted by molar-refractivity contribution is -0.136. The maximum absolute atomic E-state index is 13.3. The van der Waals surface area contributed by atoms with Crippen molar-refractivity contribution in [2.45, 2.75) is 45.4 Å². The molecule has 0 aromatic heterocycles. The van der Waals surface area contributed by atoms with Gasteiger partial charge in [0.05, 0.1) is 19.8 Å². The third kappa shape index (κ3) is 4.53. The molecule has 148 valence electrons. The molecule has 0 unspecified atom stereocenters. The van der Waals surface area contributed by atoms with Gasteiger partial charge in [-0.15, -0.1) is 0 Å². The van der Waals surface area contributed by atoms with E-state index in [1.165, 1.54) is 12.1 Å². The van der Waals surface area contributed by atoms with Crippen LogP contribution in [-0.4, -0.2) is 24.0 Å². The number of carbonyl (C=O) groups excluding carboxylic acids is 1. The van der Waals surface area contributed by atoms with Gasteiger partial charge in [0.15, 0.2) is 0 Å². The fraction of sp³-hybridized carbons (Fsp3) is 0.435. The number of hydrogen-bond acceptors (Lipinski definition) is 3. The number of hydrogen-bond donors (Lipinski definition) is 0. The monoisotopic (exact) mass is 383 g/mol. The first-order valence-corrected chi connectivity index (χ1v) is 10.0. The van der Waals surface area contributed by atoms with Crippen LogP contribution >= 0.6 is 0 Å². The zero-order valence-corrected chi connectivity index (χ0v) is 16.0. The van der Waals surface area contributed by atoms with Crippen molar-refractivity contribution in [1.29, 1.82) is 0 Å². The van der Waals surface area contributed by atoms with E-state index in [1.807, 2.05) is 23.1 Å². The molecule has 2 aromatic carbocycles. The highest BCUT2D eigenvalue weighted by atomic mass is 19.1. The van der Waals surface area contributed by atoms with Gasteiger partial charge in [-0.2, -0.15) is 0 Å². The van der Waals surface area contributed by atoms with E-state index in [0.29, 0.717) is 32.9 Å². The number of carbonyl (C=O) groups is 1. The second-order valence-corrected chi connectivity index (χ2v) is 7.65. The second kappa shape index (κ2) is 8.74. The molecule has 1 aliphatic heterocycles. The largest absolute Gasteiger partial charge is 0.491 e. The van der Waals surface area contributed by atoms with E-state index in [4.69, 9.17) is 9.47 Å². The lowest BCUT2D eigenvalue weighted by Gasteiger charge is -2.23. The zero-order chi connectivity index (χ0) is 19.3. The smallest absolute Gasteiger partial charge is 0.226 e. The minimum Gasteiger partial charge on any atom is -0.491 e. The summed E-state index contributed by atoms with van der Waals surface area (Å²) in [6.45, 7) is 2.54. The van der Waals surface area contributed by atoms with Crippen LogP contribution in [0.25, 0.3) is 0 Å². The average Bonchev–Trinajstić information content (AvgIpc) is 3.14. The molecule has 0 atom stereocenters. The molecule has 5 heteroatoms. The highest BCUT2D eigenvalue weighted by Crippen LogP contribution is 2.30. The van der Waals surface area contributed by atoms with Crippen molar-refractivity contribution >= 4 is 5.91 Å². The summed E-state index contributed by atoms with van der Waals surface area (Å²) in [5.74, 6) is 1.03. The molecule has 0 bridgehead atoms. The third-order valence-corrected chi connectivity index (χ3v) is 5.55. The van der Waals surface area contributed by atoms with Crippen LogP contribution in [0.3, 0.4) is 0 Å². The van der Waals surface area contributed by atoms with Crippen molar-refractivity contribution in [2.24, 2.45) is 5.92 Å². The number of benzene rings is 2. The van der Waals surface area contributed by atoms with E-state index in [2.05, 4.69) is 6.07 Å². The van der Waals surface area contributed by atoms with E-state index in [0.717, 1.165) is 48.1 Å². The van der Waals surface area contributed by atoms with Crippen molar-refractivity contribution in [3.8, 4) is 5.75 Å². The molecule has 1 fully saturated rings. The zero-order valence-electron chi connectivity index (χ0n) is 16.0. The van der Waals surface area contributed by atoms with Gasteiger partial charge in [-0.05, 0) is 48.2 Å². The van der Waals surface area contributed by atoms with Gasteiger partial charge in [-0.3, -0.25) is 4.79 Å². The summed E-state index contributed by atoms with van der Waals surface area (Å²) in [6, 6.07) is 12.4. The van der Waals surface area contributed by atoms with Gasteiger partial charge >= 0.3 is 0 Å². The molecule has 1 heterocycles. The van der Waals surface area contributed by atoms with Crippen molar-refractivity contribution < 1.29 is 18.7 Å². The lowest BCUT2D eigenvalue weighted by Crippen LogP contribution is -2.36. The molecular weight excluding hydrogens is 357 g/mol. The van der Waals surface area contributed by atoms with E-state index < -0.39 is 0 Å². The number of rotatable bonds is 5. The average molecular weight is 383 g/mol. The van der Waals surface area contributed by atoms with E-state index in [-0.39, 0.29) is 17.6 Å². The van der Waals surface area contributed by atoms with E-state index >= 15 is 0 Å². The van der Waals surface area contributed by atoms with Crippen molar-refractivity contribution in [2.75, 3.05) is 13.2 Å². The van der Waals surface area contributed by atoms with Crippen molar-refractivity contribution in [3.63, 3.8) is 0 Å². The van der Waals surface area contributed by atoms with Gasteiger partial charge in [0.25, 0.3) is 0 Å². The minimum atomic E-state index is -0.254. The summed E-state index contributed by atoms with van der Waals surface area (Å²) in [6.07, 6.45) is 4.34. The Morgan fingerprint density at radius 3 is 2.68 bits per heavy atom. The number of halogens is 1. The van der Waals surface area contributed by atoms with Crippen LogP contribution in [0, 0.1) is 11.7 Å². The Balaban J connectivity index is 1.39. The molecule has 0 radical (unpaired) electrons. The summed E-state index contributed by atoms with van der Waals surface area (Å²) in [7, 11) is 0. The topological polar surface area (TPSA) is 38.8 Å². The Morgan fingerprint density at radius 2 is 1.89 bits per heavy atom. The summed E-state index contributed by atoms with van der Waals surface area (Å²) in [4.78, 5) is 14.8. The predicted molar refractivity (Wildman–Crippen MR) is 104 cm³/mol. The standard InChI is InChI=1S/C23H26FNO3/c24-21-7-3-4-17(13-21)15-27-16-18-8-9-22-20(12-18)14-25(10-11-28-22)23(26)19-5-1-2-6-19/h3-4,7-9,12-13,19H,1-2,5-6,10-11,14-16H2. The molecule has 2 aromatic rings. The Labute approximate surface area is 165 Å². The molecule has 0 saturated heterocycles. The predicted octanol–water partition coefficient (Wildman–Crippen LogP) is 4.45. The summed E-state index contributed by atoms with van der Waals surface area (Å²) >= 11 is 0. The molecule has 0 spiro atoms. The van der Waals surface area contributed by atoms with Crippen LogP contribution in [0.2, 0.25) is 0 Å². The number of nitrogens with zero attached hydrogens (tertiary/aromatic N) is 1. The lowest BCUT2D eigenvalue weighted by atomic mass is 10.1. The molecule has 28 heavy (non-hydrogen) atoms. The molecule has 1 aliphatic carbocycles. The summed E-state index contributed by atoms with van der Waals surface area (Å²) < 4.78 is 24.9. The number of fused-ring (bicyclic) bond motifs is 1. The highest BCUT2D eigenvalue weighted by molar-refractivity contribution is 5.79. The van der Waals surface area contributed by atoms with Gasteiger partial charge < -0.3 is 14.4 Å². The van der Waals surface area contributed by atoms with E-state index in [1.54, 1.807) is 6.07 Å².